The number of nitrogens with one attached hydrogen (secondary N) is 1. The number of fused-ring (bicyclic) bond motifs is 2. The van der Waals surface area contributed by atoms with Crippen LogP contribution in [-0.2, 0) is 50.7 Å². The van der Waals surface area contributed by atoms with Crippen molar-refractivity contribution < 1.29 is 51.4 Å². The fraction of sp³-hybridized carbons (Fsp3) is 0.419. The Morgan fingerprint density at radius 1 is 0.885 bits per heavy atom. The van der Waals surface area contributed by atoms with Gasteiger partial charge in [0.2, 0.25) is 11.8 Å². The minimum Gasteiger partial charge on any atom is -0.491 e. The molecule has 5 amide bonds. The number of carbonyl (C=O) groups is 5. The Bertz CT molecular complexity index is 2440. The third-order valence-corrected chi connectivity index (χ3v) is 12.4. The van der Waals surface area contributed by atoms with Crippen molar-refractivity contribution >= 4 is 40.9 Å². The van der Waals surface area contributed by atoms with Gasteiger partial charge in [0.15, 0.2) is 0 Å². The van der Waals surface area contributed by atoms with E-state index in [0.29, 0.717) is 69.3 Å². The fourth-order valence-electron chi connectivity index (χ4n) is 8.90. The predicted octanol–water partition coefficient (Wildman–Crippen LogP) is 4.22. The standard InChI is InChI=1S/C43H42F3N7O8/c1-50-24-47-49-36(50)19-42(22-60-23-42)26-3-2-4-27(15-26)52-20-33-31(39(52)56)16-28(17-34(33)43(44,45)46)51-11-9-25(10-12-51)21-59-13-14-61-29-5-6-30-32(18-29)41(58)53(40(30)57)35-7-8-37(54)48-38(35)55/h2-6,15-18,24-25,35H,7-14,19-23H2,1H3,(H,48,54,55). The number of hydrogen-bond acceptors (Lipinski definition) is 11. The molecule has 61 heavy (non-hydrogen) atoms. The summed E-state index contributed by atoms with van der Waals surface area (Å²) >= 11 is 0. The molecule has 0 spiro atoms. The number of amides is 5. The Labute approximate surface area is 347 Å². The summed E-state index contributed by atoms with van der Waals surface area (Å²) in [5.41, 5.74) is 0.848. The summed E-state index contributed by atoms with van der Waals surface area (Å²) in [6.45, 7) is 2.43. The van der Waals surface area contributed by atoms with Gasteiger partial charge in [0.1, 0.15) is 30.5 Å². The van der Waals surface area contributed by atoms with E-state index in [-0.39, 0.29) is 60.8 Å². The maximum absolute atomic E-state index is 14.7. The van der Waals surface area contributed by atoms with Gasteiger partial charge in [-0.15, -0.1) is 10.2 Å². The highest BCUT2D eigenvalue weighted by Crippen LogP contribution is 2.43. The molecule has 6 heterocycles. The van der Waals surface area contributed by atoms with Gasteiger partial charge in [0.25, 0.3) is 17.7 Å². The van der Waals surface area contributed by atoms with Crippen LogP contribution < -0.4 is 19.9 Å². The van der Waals surface area contributed by atoms with Gasteiger partial charge < -0.3 is 28.6 Å². The summed E-state index contributed by atoms with van der Waals surface area (Å²) < 4.78 is 63.1. The highest BCUT2D eigenvalue weighted by Gasteiger charge is 2.46. The summed E-state index contributed by atoms with van der Waals surface area (Å²) in [7, 11) is 1.86. The second-order valence-corrected chi connectivity index (χ2v) is 16.3. The second-order valence-electron chi connectivity index (χ2n) is 16.3. The van der Waals surface area contributed by atoms with Crippen LogP contribution in [0.3, 0.4) is 0 Å². The van der Waals surface area contributed by atoms with E-state index < -0.39 is 52.7 Å². The average Bonchev–Trinajstić information content (AvgIpc) is 3.87. The molecule has 318 valence electrons. The van der Waals surface area contributed by atoms with Gasteiger partial charge in [0, 0.05) is 61.9 Å². The molecule has 5 aliphatic heterocycles. The first-order valence-electron chi connectivity index (χ1n) is 20.2. The third-order valence-electron chi connectivity index (χ3n) is 12.4. The Morgan fingerprint density at radius 3 is 2.38 bits per heavy atom. The van der Waals surface area contributed by atoms with Gasteiger partial charge in [-0.1, -0.05) is 12.1 Å². The lowest BCUT2D eigenvalue weighted by Crippen LogP contribution is -2.54. The number of carbonyl (C=O) groups excluding carboxylic acids is 5. The largest absolute Gasteiger partial charge is 0.491 e. The minimum absolute atomic E-state index is 0.0261. The Kier molecular flexibility index (Phi) is 10.4. The molecule has 5 aliphatic rings. The number of ether oxygens (including phenoxy) is 3. The van der Waals surface area contributed by atoms with Crippen LogP contribution in [0.4, 0.5) is 24.5 Å². The van der Waals surface area contributed by atoms with Gasteiger partial charge in [-0.3, -0.25) is 34.2 Å². The number of nitrogens with zero attached hydrogens (tertiary/aromatic N) is 6. The molecule has 18 heteroatoms. The number of anilines is 2. The smallest absolute Gasteiger partial charge is 0.416 e. The molecular weight excluding hydrogens is 800 g/mol. The molecule has 4 aromatic rings. The molecule has 1 unspecified atom stereocenters. The lowest BCUT2D eigenvalue weighted by Gasteiger charge is -2.42. The normalized spacial score (nSPS) is 20.2. The highest BCUT2D eigenvalue weighted by atomic mass is 19.4. The van der Waals surface area contributed by atoms with Crippen molar-refractivity contribution in [2.75, 3.05) is 55.9 Å². The van der Waals surface area contributed by atoms with E-state index in [9.17, 15) is 37.1 Å². The molecule has 1 aromatic heterocycles. The zero-order valence-corrected chi connectivity index (χ0v) is 33.2. The van der Waals surface area contributed by atoms with E-state index in [1.165, 1.54) is 17.0 Å². The van der Waals surface area contributed by atoms with Gasteiger partial charge >= 0.3 is 6.18 Å². The maximum atomic E-state index is 14.7. The van der Waals surface area contributed by atoms with Gasteiger partial charge in [-0.25, -0.2) is 0 Å². The highest BCUT2D eigenvalue weighted by molar-refractivity contribution is 6.23. The number of aromatic nitrogens is 3. The van der Waals surface area contributed by atoms with Crippen molar-refractivity contribution in [1.29, 1.82) is 0 Å². The van der Waals surface area contributed by atoms with Crippen molar-refractivity contribution in [3.05, 3.63) is 100 Å². The van der Waals surface area contributed by atoms with E-state index in [1.54, 1.807) is 24.5 Å². The van der Waals surface area contributed by atoms with Gasteiger partial charge in [-0.05, 0) is 78.8 Å². The second kappa shape index (κ2) is 15.7. The van der Waals surface area contributed by atoms with Crippen LogP contribution in [0.15, 0.2) is 60.9 Å². The first kappa shape index (κ1) is 40.3. The third kappa shape index (κ3) is 7.51. The number of piperidine rings is 2. The van der Waals surface area contributed by atoms with E-state index in [2.05, 4.69) is 15.5 Å². The minimum atomic E-state index is -4.67. The molecule has 0 saturated carbocycles. The van der Waals surface area contributed by atoms with Crippen LogP contribution in [0.5, 0.6) is 5.75 Å². The van der Waals surface area contributed by atoms with Gasteiger partial charge in [0.05, 0.1) is 43.1 Å². The molecule has 0 radical (unpaired) electrons. The zero-order valence-electron chi connectivity index (χ0n) is 33.2. The quantitative estimate of drug-likeness (QED) is 0.161. The molecule has 1 N–H and O–H groups in total. The number of alkyl halides is 3. The monoisotopic (exact) mass is 841 g/mol. The van der Waals surface area contributed by atoms with Gasteiger partial charge in [-0.2, -0.15) is 13.2 Å². The van der Waals surface area contributed by atoms with Crippen molar-refractivity contribution in [3.63, 3.8) is 0 Å². The van der Waals surface area contributed by atoms with Crippen LogP contribution >= 0.6 is 0 Å². The Balaban J connectivity index is 0.792. The van der Waals surface area contributed by atoms with E-state index in [0.717, 1.165) is 22.4 Å². The van der Waals surface area contributed by atoms with E-state index in [4.69, 9.17) is 14.2 Å². The van der Waals surface area contributed by atoms with Crippen LogP contribution in [0, 0.1) is 5.92 Å². The summed E-state index contributed by atoms with van der Waals surface area (Å²) in [5.74, 6) is -1.57. The number of halogens is 3. The summed E-state index contributed by atoms with van der Waals surface area (Å²) in [4.78, 5) is 68.1. The summed E-state index contributed by atoms with van der Waals surface area (Å²) in [6, 6.07) is 13.6. The summed E-state index contributed by atoms with van der Waals surface area (Å²) in [6.07, 6.45) is -1.07. The molecular formula is C43H42F3N7O8. The molecule has 15 nitrogen and oxygen atoms in total. The number of rotatable bonds is 12. The zero-order chi connectivity index (χ0) is 42.6. The number of benzene rings is 3. The molecule has 0 aliphatic carbocycles. The topological polar surface area (TPSA) is 165 Å². The lowest BCUT2D eigenvalue weighted by atomic mass is 9.75. The first-order chi connectivity index (χ1) is 29.3. The molecule has 3 fully saturated rings. The number of aryl methyl sites for hydroxylation is 1. The Morgan fingerprint density at radius 2 is 1.67 bits per heavy atom. The van der Waals surface area contributed by atoms with Crippen molar-refractivity contribution in [2.45, 2.75) is 56.3 Å². The first-order valence-corrected chi connectivity index (χ1v) is 20.2. The number of imide groups is 2. The van der Waals surface area contributed by atoms with Crippen LogP contribution in [0.2, 0.25) is 0 Å². The number of hydrogen-bond donors (Lipinski definition) is 1. The van der Waals surface area contributed by atoms with Crippen LogP contribution in [0.25, 0.3) is 0 Å². The molecule has 3 saturated heterocycles. The average molecular weight is 842 g/mol. The maximum Gasteiger partial charge on any atom is 0.416 e. The van der Waals surface area contributed by atoms with Crippen molar-refractivity contribution in [2.24, 2.45) is 13.0 Å². The fourth-order valence-corrected chi connectivity index (χ4v) is 8.90. The predicted molar refractivity (Wildman–Crippen MR) is 210 cm³/mol. The molecule has 0 bridgehead atoms. The summed E-state index contributed by atoms with van der Waals surface area (Å²) in [5, 5.41) is 10.4. The van der Waals surface area contributed by atoms with E-state index >= 15 is 0 Å². The van der Waals surface area contributed by atoms with E-state index in [1.807, 2.05) is 34.7 Å². The lowest BCUT2D eigenvalue weighted by molar-refractivity contribution is -0.138. The molecule has 9 rings (SSSR count). The van der Waals surface area contributed by atoms with Crippen molar-refractivity contribution in [3.8, 4) is 5.75 Å². The Hall–Kier alpha value is -6.14. The SMILES string of the molecule is Cn1cnnc1CC1(c2cccc(N3Cc4c(cc(N5CCC(COCCOc6ccc7c(c6)C(=O)N(C6CCC(=O)NC6=O)C7=O)CC5)cc4C(F)(F)F)C3=O)c2)COC1. The van der Waals surface area contributed by atoms with Crippen LogP contribution in [0.1, 0.15) is 79.3 Å². The van der Waals surface area contributed by atoms with Crippen LogP contribution in [-0.4, -0.2) is 101 Å². The van der Waals surface area contributed by atoms with Crippen molar-refractivity contribution in [1.82, 2.24) is 25.0 Å². The molecule has 3 aromatic carbocycles. The molecule has 1 atom stereocenters.